The highest BCUT2D eigenvalue weighted by molar-refractivity contribution is 9.10. The van der Waals surface area contributed by atoms with Gasteiger partial charge in [-0.3, -0.25) is 14.3 Å². The second-order valence-electron chi connectivity index (χ2n) is 7.58. The summed E-state index contributed by atoms with van der Waals surface area (Å²) in [7, 11) is 0. The third-order valence-corrected chi connectivity index (χ3v) is 5.74. The van der Waals surface area contributed by atoms with Gasteiger partial charge in [0.25, 0.3) is 0 Å². The van der Waals surface area contributed by atoms with E-state index in [4.69, 9.17) is 0 Å². The van der Waals surface area contributed by atoms with E-state index in [-0.39, 0.29) is 24.3 Å². The molecule has 0 saturated heterocycles. The molecule has 2 amide bonds. The molecule has 2 aromatic carbocycles. The lowest BCUT2D eigenvalue weighted by molar-refractivity contribution is -0.122. The van der Waals surface area contributed by atoms with Crippen LogP contribution in [-0.4, -0.2) is 21.6 Å². The molecule has 0 bridgehead atoms. The van der Waals surface area contributed by atoms with E-state index in [2.05, 4.69) is 43.8 Å². The lowest BCUT2D eigenvalue weighted by Crippen LogP contribution is -2.32. The molecule has 31 heavy (non-hydrogen) atoms. The molecule has 1 unspecified atom stereocenters. The smallest absolute Gasteiger partial charge is 0.222 e. The zero-order chi connectivity index (χ0) is 22.4. The van der Waals surface area contributed by atoms with E-state index in [0.29, 0.717) is 13.1 Å². The fraction of sp³-hybridized carbons (Fsp3) is 0.292. The Morgan fingerprint density at radius 1 is 1.06 bits per heavy atom. The number of rotatable bonds is 8. The molecular weight excluding hydrogens is 456 g/mol. The van der Waals surface area contributed by atoms with E-state index in [1.807, 2.05) is 61.0 Å². The van der Waals surface area contributed by atoms with Crippen molar-refractivity contribution in [1.29, 1.82) is 0 Å². The zero-order valence-electron chi connectivity index (χ0n) is 18.0. The molecule has 0 fully saturated rings. The molecule has 3 rings (SSSR count). The van der Waals surface area contributed by atoms with E-state index < -0.39 is 0 Å². The van der Waals surface area contributed by atoms with Crippen LogP contribution in [0.5, 0.6) is 0 Å². The molecule has 0 aliphatic rings. The van der Waals surface area contributed by atoms with Gasteiger partial charge in [-0.1, -0.05) is 58.4 Å². The van der Waals surface area contributed by atoms with Crippen LogP contribution < -0.4 is 10.6 Å². The normalized spacial score (nSPS) is 11.7. The molecule has 1 atom stereocenters. The predicted octanol–water partition coefficient (Wildman–Crippen LogP) is 4.19. The van der Waals surface area contributed by atoms with Crippen molar-refractivity contribution in [2.75, 3.05) is 0 Å². The summed E-state index contributed by atoms with van der Waals surface area (Å²) in [6.07, 6.45) is 0.164. The van der Waals surface area contributed by atoms with E-state index in [0.717, 1.165) is 27.0 Å². The van der Waals surface area contributed by atoms with Crippen molar-refractivity contribution in [2.45, 2.75) is 46.3 Å². The Labute approximate surface area is 191 Å². The molecule has 162 valence electrons. The molecular formula is C24H27BrN4O2. The van der Waals surface area contributed by atoms with Gasteiger partial charge in [-0.15, -0.1) is 0 Å². The molecule has 6 nitrogen and oxygen atoms in total. The highest BCUT2D eigenvalue weighted by Gasteiger charge is 2.18. The monoisotopic (exact) mass is 482 g/mol. The average molecular weight is 483 g/mol. The molecule has 0 saturated carbocycles. The number of halogens is 1. The second kappa shape index (κ2) is 10.4. The van der Waals surface area contributed by atoms with Gasteiger partial charge in [0.1, 0.15) is 0 Å². The summed E-state index contributed by atoms with van der Waals surface area (Å²) in [6, 6.07) is 17.4. The van der Waals surface area contributed by atoms with Crippen LogP contribution in [0.15, 0.2) is 59.1 Å². The zero-order valence-corrected chi connectivity index (χ0v) is 19.6. The quantitative estimate of drug-likeness (QED) is 0.505. The van der Waals surface area contributed by atoms with E-state index in [1.54, 1.807) is 0 Å². The van der Waals surface area contributed by atoms with Crippen molar-refractivity contribution in [3.8, 4) is 0 Å². The Morgan fingerprint density at radius 3 is 2.39 bits per heavy atom. The average Bonchev–Trinajstić information content (AvgIpc) is 2.99. The van der Waals surface area contributed by atoms with Crippen LogP contribution in [-0.2, 0) is 22.7 Å². The largest absolute Gasteiger partial charge is 0.352 e. The first-order valence-corrected chi connectivity index (χ1v) is 11.0. The number of benzene rings is 2. The van der Waals surface area contributed by atoms with E-state index in [1.165, 1.54) is 12.5 Å². The molecule has 1 aromatic heterocycles. The third kappa shape index (κ3) is 6.28. The summed E-state index contributed by atoms with van der Waals surface area (Å²) in [5.41, 5.74) is 5.02. The van der Waals surface area contributed by atoms with Gasteiger partial charge in [0, 0.05) is 29.2 Å². The summed E-state index contributed by atoms with van der Waals surface area (Å²) in [6.45, 7) is 6.52. The van der Waals surface area contributed by atoms with Gasteiger partial charge in [-0.25, -0.2) is 0 Å². The minimum Gasteiger partial charge on any atom is -0.352 e. The van der Waals surface area contributed by atoms with Crippen LogP contribution in [0.1, 0.15) is 47.5 Å². The first-order valence-electron chi connectivity index (χ1n) is 10.2. The van der Waals surface area contributed by atoms with Crippen LogP contribution in [0.25, 0.3) is 0 Å². The SMILES string of the molecule is CC(=O)NC(CC(=O)NCc1c(C)nn(Cc2ccccc2)c1C)c1ccc(Br)cc1. The van der Waals surface area contributed by atoms with Crippen molar-refractivity contribution in [3.05, 3.63) is 87.1 Å². The number of aromatic nitrogens is 2. The van der Waals surface area contributed by atoms with Gasteiger partial charge < -0.3 is 10.6 Å². The van der Waals surface area contributed by atoms with Crippen molar-refractivity contribution < 1.29 is 9.59 Å². The van der Waals surface area contributed by atoms with E-state index >= 15 is 0 Å². The summed E-state index contributed by atoms with van der Waals surface area (Å²) < 4.78 is 2.91. The van der Waals surface area contributed by atoms with Crippen LogP contribution in [0.3, 0.4) is 0 Å². The van der Waals surface area contributed by atoms with Gasteiger partial charge >= 0.3 is 0 Å². The Morgan fingerprint density at radius 2 is 1.74 bits per heavy atom. The molecule has 2 N–H and O–H groups in total. The minimum absolute atomic E-state index is 0.128. The third-order valence-electron chi connectivity index (χ3n) is 5.21. The van der Waals surface area contributed by atoms with Crippen LogP contribution in [0, 0.1) is 13.8 Å². The number of nitrogens with one attached hydrogen (secondary N) is 2. The van der Waals surface area contributed by atoms with Crippen LogP contribution in [0.2, 0.25) is 0 Å². The summed E-state index contributed by atoms with van der Waals surface area (Å²) in [5, 5.41) is 10.5. The first-order chi connectivity index (χ1) is 14.8. The number of carbonyl (C=O) groups is 2. The number of hydrogen-bond donors (Lipinski definition) is 2. The van der Waals surface area contributed by atoms with Crippen molar-refractivity contribution in [2.24, 2.45) is 0 Å². The molecule has 0 aliphatic carbocycles. The Kier molecular flexibility index (Phi) is 7.63. The van der Waals surface area contributed by atoms with Crippen molar-refractivity contribution in [1.82, 2.24) is 20.4 Å². The van der Waals surface area contributed by atoms with Gasteiger partial charge in [0.15, 0.2) is 0 Å². The molecule has 0 aliphatic heterocycles. The van der Waals surface area contributed by atoms with Gasteiger partial charge in [0.05, 0.1) is 24.7 Å². The lowest BCUT2D eigenvalue weighted by Gasteiger charge is -2.18. The maximum Gasteiger partial charge on any atom is 0.222 e. The second-order valence-corrected chi connectivity index (χ2v) is 8.49. The predicted molar refractivity (Wildman–Crippen MR) is 124 cm³/mol. The van der Waals surface area contributed by atoms with Crippen LogP contribution >= 0.6 is 15.9 Å². The maximum absolute atomic E-state index is 12.7. The minimum atomic E-state index is -0.381. The number of amides is 2. The van der Waals surface area contributed by atoms with E-state index in [9.17, 15) is 9.59 Å². The van der Waals surface area contributed by atoms with Crippen LogP contribution in [0.4, 0.5) is 0 Å². The molecule has 3 aromatic rings. The Bertz CT molecular complexity index is 1050. The fourth-order valence-corrected chi connectivity index (χ4v) is 3.80. The number of aryl methyl sites for hydroxylation is 1. The highest BCUT2D eigenvalue weighted by atomic mass is 79.9. The number of nitrogens with zero attached hydrogens (tertiary/aromatic N) is 2. The molecule has 7 heteroatoms. The standard InChI is InChI=1S/C24H27BrN4O2/c1-16-22(17(2)29(28-16)15-19-7-5-4-6-8-19)14-26-24(31)13-23(27-18(3)30)20-9-11-21(25)12-10-20/h4-12,23H,13-15H2,1-3H3,(H,26,31)(H,27,30). The number of hydrogen-bond acceptors (Lipinski definition) is 3. The fourth-order valence-electron chi connectivity index (χ4n) is 3.54. The van der Waals surface area contributed by atoms with Gasteiger partial charge in [-0.2, -0.15) is 5.10 Å². The summed E-state index contributed by atoms with van der Waals surface area (Å²) in [5.74, 6) is -0.300. The highest BCUT2D eigenvalue weighted by Crippen LogP contribution is 2.20. The Hall–Kier alpha value is -2.93. The Balaban J connectivity index is 1.65. The molecule has 0 spiro atoms. The maximum atomic E-state index is 12.7. The van der Waals surface area contributed by atoms with Crippen molar-refractivity contribution >= 4 is 27.7 Å². The summed E-state index contributed by atoms with van der Waals surface area (Å²) >= 11 is 3.41. The number of carbonyl (C=O) groups excluding carboxylic acids is 2. The van der Waals surface area contributed by atoms with Crippen molar-refractivity contribution in [3.63, 3.8) is 0 Å². The van der Waals surface area contributed by atoms with Gasteiger partial charge in [0.2, 0.25) is 11.8 Å². The summed E-state index contributed by atoms with van der Waals surface area (Å²) in [4.78, 5) is 24.3. The topological polar surface area (TPSA) is 76.0 Å². The van der Waals surface area contributed by atoms with Gasteiger partial charge in [-0.05, 0) is 37.1 Å². The lowest BCUT2D eigenvalue weighted by atomic mass is 10.0. The molecule has 0 radical (unpaired) electrons. The molecule has 1 heterocycles. The first kappa shape index (κ1) is 22.7.